The third-order valence-corrected chi connectivity index (χ3v) is 3.64. The highest BCUT2D eigenvalue weighted by Crippen LogP contribution is 2.19. The average Bonchev–Trinajstić information content (AvgIpc) is 2.47. The lowest BCUT2D eigenvalue weighted by atomic mass is 10.3. The van der Waals surface area contributed by atoms with Gasteiger partial charge < -0.3 is 9.80 Å². The van der Waals surface area contributed by atoms with E-state index in [2.05, 4.69) is 45.7 Å². The lowest BCUT2D eigenvalue weighted by molar-refractivity contribution is 0.633. The fraction of sp³-hybridized carbons (Fsp3) is 0.385. The van der Waals surface area contributed by atoms with E-state index in [9.17, 15) is 0 Å². The predicted octanol–water partition coefficient (Wildman–Crippen LogP) is 1.66. The molecule has 0 spiro atoms. The van der Waals surface area contributed by atoms with E-state index in [0.717, 1.165) is 48.4 Å². The maximum atomic E-state index is 4.49. The predicted molar refractivity (Wildman–Crippen MR) is 80.9 cm³/mol. The van der Waals surface area contributed by atoms with E-state index in [4.69, 9.17) is 0 Å². The molecule has 7 heteroatoms. The van der Waals surface area contributed by atoms with E-state index >= 15 is 0 Å². The summed E-state index contributed by atoms with van der Waals surface area (Å²) in [5.74, 6) is 2.55. The van der Waals surface area contributed by atoms with Crippen LogP contribution in [0, 0.1) is 6.92 Å². The summed E-state index contributed by atoms with van der Waals surface area (Å²) < 4.78 is 0.828. The first-order valence-corrected chi connectivity index (χ1v) is 7.30. The average molecular weight is 335 g/mol. The van der Waals surface area contributed by atoms with Crippen LogP contribution in [0.15, 0.2) is 29.1 Å². The number of aromatic nitrogens is 4. The molecule has 0 amide bonds. The maximum Gasteiger partial charge on any atom is 0.225 e. The van der Waals surface area contributed by atoms with Crippen molar-refractivity contribution in [1.82, 2.24) is 19.9 Å². The summed E-state index contributed by atoms with van der Waals surface area (Å²) in [5.41, 5.74) is 0. The zero-order valence-corrected chi connectivity index (χ0v) is 12.8. The minimum Gasteiger partial charge on any atom is -0.353 e. The second-order valence-corrected chi connectivity index (χ2v) is 5.43. The van der Waals surface area contributed by atoms with Gasteiger partial charge in [-0.3, -0.25) is 0 Å². The van der Waals surface area contributed by atoms with Crippen molar-refractivity contribution in [2.45, 2.75) is 6.92 Å². The summed E-state index contributed by atoms with van der Waals surface area (Å²) in [6.45, 7) is 5.50. The highest BCUT2D eigenvalue weighted by Gasteiger charge is 2.20. The van der Waals surface area contributed by atoms with Gasteiger partial charge in [0.15, 0.2) is 0 Å². The molecule has 6 nitrogen and oxygen atoms in total. The molecule has 0 aromatic carbocycles. The lowest BCUT2D eigenvalue weighted by Crippen LogP contribution is -2.47. The van der Waals surface area contributed by atoms with Crippen LogP contribution in [0.1, 0.15) is 5.82 Å². The van der Waals surface area contributed by atoms with Gasteiger partial charge in [0.1, 0.15) is 16.2 Å². The third-order valence-electron chi connectivity index (χ3n) is 3.23. The standard InChI is InChI=1S/C13H15BrN6/c1-10-17-11(14)9-12(18-10)19-5-7-20(8-6-19)13-15-3-2-4-16-13/h2-4,9H,5-8H2,1H3. The van der Waals surface area contributed by atoms with Gasteiger partial charge in [-0.15, -0.1) is 0 Å². The number of halogens is 1. The minimum absolute atomic E-state index is 0.781. The minimum atomic E-state index is 0.781. The van der Waals surface area contributed by atoms with Crippen LogP contribution >= 0.6 is 15.9 Å². The normalized spacial score (nSPS) is 15.5. The fourth-order valence-corrected chi connectivity index (χ4v) is 2.73. The Morgan fingerprint density at radius 1 is 1.00 bits per heavy atom. The third kappa shape index (κ3) is 2.87. The summed E-state index contributed by atoms with van der Waals surface area (Å²) in [6, 6.07) is 3.79. The number of anilines is 2. The second-order valence-electron chi connectivity index (χ2n) is 4.62. The molecule has 2 aromatic heterocycles. The Balaban J connectivity index is 1.69. The zero-order valence-electron chi connectivity index (χ0n) is 11.2. The molecule has 3 heterocycles. The molecule has 1 saturated heterocycles. The molecule has 0 N–H and O–H groups in total. The topological polar surface area (TPSA) is 58.0 Å². The number of hydrogen-bond acceptors (Lipinski definition) is 6. The Kier molecular flexibility index (Phi) is 3.77. The van der Waals surface area contributed by atoms with E-state index in [0.29, 0.717) is 0 Å². The van der Waals surface area contributed by atoms with E-state index in [1.165, 1.54) is 0 Å². The van der Waals surface area contributed by atoms with Gasteiger partial charge in [0, 0.05) is 44.6 Å². The van der Waals surface area contributed by atoms with Crippen molar-refractivity contribution in [2.24, 2.45) is 0 Å². The highest BCUT2D eigenvalue weighted by atomic mass is 79.9. The van der Waals surface area contributed by atoms with Crippen molar-refractivity contribution in [3.63, 3.8) is 0 Å². The molecule has 1 fully saturated rings. The first-order valence-electron chi connectivity index (χ1n) is 6.50. The van der Waals surface area contributed by atoms with Crippen molar-refractivity contribution in [1.29, 1.82) is 0 Å². The van der Waals surface area contributed by atoms with Crippen LogP contribution in [0.25, 0.3) is 0 Å². The summed E-state index contributed by atoms with van der Waals surface area (Å²) in [7, 11) is 0. The first-order chi connectivity index (χ1) is 9.72. The van der Waals surface area contributed by atoms with E-state index in [-0.39, 0.29) is 0 Å². The van der Waals surface area contributed by atoms with Crippen LogP contribution in [0.5, 0.6) is 0 Å². The Bertz CT molecular complexity index is 562. The molecule has 2 aromatic rings. The molecule has 1 aliphatic rings. The van der Waals surface area contributed by atoms with Crippen molar-refractivity contribution in [3.05, 3.63) is 35.0 Å². The number of aryl methyl sites for hydroxylation is 1. The Labute approximate surface area is 126 Å². The SMILES string of the molecule is Cc1nc(Br)cc(N2CCN(c3ncccn3)CC2)n1. The monoisotopic (exact) mass is 334 g/mol. The fourth-order valence-electron chi connectivity index (χ4n) is 2.27. The Hall–Kier alpha value is -1.76. The molecular formula is C13H15BrN6. The maximum absolute atomic E-state index is 4.49. The summed E-state index contributed by atoms with van der Waals surface area (Å²) in [4.78, 5) is 21.8. The van der Waals surface area contributed by atoms with Crippen LogP contribution in [0.2, 0.25) is 0 Å². The van der Waals surface area contributed by atoms with Gasteiger partial charge in [-0.2, -0.15) is 0 Å². The molecular weight excluding hydrogens is 320 g/mol. The smallest absolute Gasteiger partial charge is 0.225 e. The molecule has 3 rings (SSSR count). The molecule has 0 atom stereocenters. The number of hydrogen-bond donors (Lipinski definition) is 0. The van der Waals surface area contributed by atoms with Gasteiger partial charge in [0.2, 0.25) is 5.95 Å². The zero-order chi connectivity index (χ0) is 13.9. The van der Waals surface area contributed by atoms with Crippen LogP contribution in [-0.4, -0.2) is 46.1 Å². The Morgan fingerprint density at radius 3 is 2.30 bits per heavy atom. The quantitative estimate of drug-likeness (QED) is 0.778. The van der Waals surface area contributed by atoms with Crippen molar-refractivity contribution in [3.8, 4) is 0 Å². The van der Waals surface area contributed by atoms with Gasteiger partial charge in [-0.05, 0) is 28.9 Å². The van der Waals surface area contributed by atoms with Crippen molar-refractivity contribution >= 4 is 27.7 Å². The number of piperazine rings is 1. The van der Waals surface area contributed by atoms with Crippen molar-refractivity contribution in [2.75, 3.05) is 36.0 Å². The molecule has 0 radical (unpaired) electrons. The first kappa shape index (κ1) is 13.2. The molecule has 0 saturated carbocycles. The molecule has 20 heavy (non-hydrogen) atoms. The van der Waals surface area contributed by atoms with E-state index in [1.807, 2.05) is 19.1 Å². The van der Waals surface area contributed by atoms with Gasteiger partial charge in [0.05, 0.1) is 0 Å². The molecule has 1 aliphatic heterocycles. The summed E-state index contributed by atoms with van der Waals surface area (Å²) >= 11 is 3.42. The van der Waals surface area contributed by atoms with E-state index < -0.39 is 0 Å². The Morgan fingerprint density at radius 2 is 1.65 bits per heavy atom. The van der Waals surface area contributed by atoms with Crippen LogP contribution in [0.4, 0.5) is 11.8 Å². The molecule has 0 unspecified atom stereocenters. The summed E-state index contributed by atoms with van der Waals surface area (Å²) in [5, 5.41) is 0. The van der Waals surface area contributed by atoms with Gasteiger partial charge in [-0.25, -0.2) is 19.9 Å². The van der Waals surface area contributed by atoms with Gasteiger partial charge in [0.25, 0.3) is 0 Å². The number of rotatable bonds is 2. The highest BCUT2D eigenvalue weighted by molar-refractivity contribution is 9.10. The van der Waals surface area contributed by atoms with Gasteiger partial charge >= 0.3 is 0 Å². The van der Waals surface area contributed by atoms with Crippen molar-refractivity contribution < 1.29 is 0 Å². The van der Waals surface area contributed by atoms with Crippen LogP contribution in [-0.2, 0) is 0 Å². The molecule has 0 aliphatic carbocycles. The van der Waals surface area contributed by atoms with Crippen LogP contribution < -0.4 is 9.80 Å². The molecule has 104 valence electrons. The molecule has 0 bridgehead atoms. The number of nitrogens with zero attached hydrogens (tertiary/aromatic N) is 6. The largest absolute Gasteiger partial charge is 0.353 e. The summed E-state index contributed by atoms with van der Waals surface area (Å²) in [6.07, 6.45) is 3.55. The second kappa shape index (κ2) is 5.70. The lowest BCUT2D eigenvalue weighted by Gasteiger charge is -2.35. The van der Waals surface area contributed by atoms with Crippen LogP contribution in [0.3, 0.4) is 0 Å². The van der Waals surface area contributed by atoms with Gasteiger partial charge in [-0.1, -0.05) is 0 Å². The van der Waals surface area contributed by atoms with E-state index in [1.54, 1.807) is 12.4 Å².